The number of nitrogens with zero attached hydrogens (tertiary/aromatic N) is 5. The summed E-state index contributed by atoms with van der Waals surface area (Å²) < 4.78 is 16.4. The van der Waals surface area contributed by atoms with E-state index in [0.717, 1.165) is 24.0 Å². The molecule has 0 aliphatic carbocycles. The fourth-order valence-electron chi connectivity index (χ4n) is 4.07. The van der Waals surface area contributed by atoms with E-state index < -0.39 is 11.8 Å². The molecule has 0 unspecified atom stereocenters. The second-order valence-corrected chi connectivity index (χ2v) is 9.64. The Morgan fingerprint density at radius 1 is 1.28 bits per heavy atom. The van der Waals surface area contributed by atoms with E-state index in [-0.39, 0.29) is 12.5 Å². The van der Waals surface area contributed by atoms with Gasteiger partial charge in [0.1, 0.15) is 6.17 Å². The monoisotopic (exact) mass is 480 g/mol. The minimum atomic E-state index is -0.974. The average Bonchev–Trinajstić information content (AvgIpc) is 3.05. The summed E-state index contributed by atoms with van der Waals surface area (Å²) in [6.07, 6.45) is 2.97. The maximum absolute atomic E-state index is 14.9. The molecule has 0 spiro atoms. The molecule has 10 heteroatoms. The van der Waals surface area contributed by atoms with Crippen LogP contribution in [0.15, 0.2) is 24.5 Å². The Bertz CT molecular complexity index is 1120. The molecule has 2 atom stereocenters. The summed E-state index contributed by atoms with van der Waals surface area (Å²) in [5.74, 6) is 0.0867. The molecular formula is C22H27Cl2FN6O. The molecule has 3 aromatic rings. The highest BCUT2D eigenvalue weighted by Gasteiger charge is 2.31. The number of nitrogens with one attached hydrogen (secondary N) is 1. The molecular weight excluding hydrogens is 454 g/mol. The van der Waals surface area contributed by atoms with Gasteiger partial charge in [0, 0.05) is 29.1 Å². The van der Waals surface area contributed by atoms with Gasteiger partial charge in [-0.3, -0.25) is 0 Å². The molecule has 0 saturated carbocycles. The first-order chi connectivity index (χ1) is 15.1. The van der Waals surface area contributed by atoms with Crippen LogP contribution in [0.4, 0.5) is 16.0 Å². The fraction of sp³-hybridized carbons (Fsp3) is 0.500. The molecule has 32 heavy (non-hydrogen) atoms. The number of halogens is 3. The predicted octanol–water partition coefficient (Wildman–Crippen LogP) is 4.79. The summed E-state index contributed by atoms with van der Waals surface area (Å²) in [5, 5.41) is 18.9. The van der Waals surface area contributed by atoms with Crippen molar-refractivity contribution in [1.29, 1.82) is 0 Å². The zero-order valence-electron chi connectivity index (χ0n) is 18.3. The van der Waals surface area contributed by atoms with Crippen molar-refractivity contribution in [2.45, 2.75) is 51.4 Å². The molecule has 0 bridgehead atoms. The third-order valence-corrected chi connectivity index (χ3v) is 6.45. The maximum atomic E-state index is 14.9. The first kappa shape index (κ1) is 23.2. The number of hydrogen-bond acceptors (Lipinski definition) is 6. The van der Waals surface area contributed by atoms with Crippen molar-refractivity contribution in [3.63, 3.8) is 0 Å². The molecule has 1 saturated heterocycles. The van der Waals surface area contributed by atoms with Gasteiger partial charge in [-0.15, -0.1) is 0 Å². The standard InChI is InChI=1S/C22H27Cl2FN6O/c1-4-30-6-5-14(17(25)11-30)15-8-18-13(7-16(15)23)9-26-21(28-18)29-19-10-27-31(20(19)24)12-22(2,3)32/h7-10,14,17,32H,4-6,11-12H2,1-3H3,(H,26,28,29)/t14-,17+/m1/s1. The topological polar surface area (TPSA) is 79.1 Å². The van der Waals surface area contributed by atoms with Gasteiger partial charge in [-0.25, -0.2) is 19.0 Å². The quantitative estimate of drug-likeness (QED) is 0.527. The molecule has 172 valence electrons. The van der Waals surface area contributed by atoms with Crippen LogP contribution in [-0.2, 0) is 6.54 Å². The van der Waals surface area contributed by atoms with E-state index in [0.29, 0.717) is 40.3 Å². The average molecular weight is 481 g/mol. The lowest BCUT2D eigenvalue weighted by Crippen LogP contribution is -2.40. The van der Waals surface area contributed by atoms with Gasteiger partial charge < -0.3 is 15.3 Å². The number of likely N-dealkylation sites (tertiary alicyclic amines) is 1. The molecule has 0 radical (unpaired) electrons. The van der Waals surface area contributed by atoms with Crippen LogP contribution in [0.3, 0.4) is 0 Å². The van der Waals surface area contributed by atoms with Crippen LogP contribution >= 0.6 is 23.2 Å². The first-order valence-corrected chi connectivity index (χ1v) is 11.4. The van der Waals surface area contributed by atoms with Gasteiger partial charge in [0.05, 0.1) is 29.5 Å². The van der Waals surface area contributed by atoms with E-state index in [2.05, 4.69) is 25.3 Å². The Labute approximate surface area is 196 Å². The normalized spacial score (nSPS) is 20.1. The number of aliphatic hydroxyl groups is 1. The minimum Gasteiger partial charge on any atom is -0.389 e. The fourth-order valence-corrected chi connectivity index (χ4v) is 4.58. The van der Waals surface area contributed by atoms with E-state index in [4.69, 9.17) is 23.2 Å². The Balaban J connectivity index is 1.60. The second kappa shape index (κ2) is 9.09. The van der Waals surface area contributed by atoms with Gasteiger partial charge in [0.15, 0.2) is 5.15 Å². The molecule has 0 amide bonds. The van der Waals surface area contributed by atoms with Crippen LogP contribution in [0.5, 0.6) is 0 Å². The SMILES string of the molecule is CCN1CC[C@H](c2cc3nc(Nc4cnn(CC(C)(C)O)c4Cl)ncc3cc2Cl)[C@@H](F)C1. The summed E-state index contributed by atoms with van der Waals surface area (Å²) in [4.78, 5) is 11.0. The number of piperidine rings is 1. The zero-order chi connectivity index (χ0) is 23.0. The van der Waals surface area contributed by atoms with Crippen molar-refractivity contribution in [3.8, 4) is 0 Å². The van der Waals surface area contributed by atoms with Crippen LogP contribution in [0.25, 0.3) is 10.9 Å². The van der Waals surface area contributed by atoms with Crippen molar-refractivity contribution in [2.75, 3.05) is 25.0 Å². The summed E-state index contributed by atoms with van der Waals surface area (Å²) in [5.41, 5.74) is 1.03. The highest BCUT2D eigenvalue weighted by molar-refractivity contribution is 6.32. The van der Waals surface area contributed by atoms with Gasteiger partial charge in [-0.2, -0.15) is 5.10 Å². The second-order valence-electron chi connectivity index (χ2n) is 8.87. The van der Waals surface area contributed by atoms with Crippen LogP contribution in [-0.4, -0.2) is 61.2 Å². The Morgan fingerprint density at radius 2 is 2.06 bits per heavy atom. The largest absolute Gasteiger partial charge is 0.389 e. The number of aromatic nitrogens is 4. The number of hydrogen-bond donors (Lipinski definition) is 2. The van der Waals surface area contributed by atoms with Crippen LogP contribution in [0, 0.1) is 0 Å². The number of benzene rings is 1. The number of rotatable bonds is 6. The summed E-state index contributed by atoms with van der Waals surface area (Å²) in [7, 11) is 0. The third kappa shape index (κ3) is 4.98. The van der Waals surface area contributed by atoms with Crippen molar-refractivity contribution in [3.05, 3.63) is 40.3 Å². The molecule has 1 aliphatic heterocycles. The third-order valence-electron chi connectivity index (χ3n) is 5.73. The molecule has 1 fully saturated rings. The number of alkyl halides is 1. The van der Waals surface area contributed by atoms with Gasteiger partial charge in [-0.05, 0) is 51.1 Å². The van der Waals surface area contributed by atoms with Gasteiger partial charge in [0.2, 0.25) is 5.95 Å². The van der Waals surface area contributed by atoms with Crippen LogP contribution in [0.2, 0.25) is 10.2 Å². The molecule has 2 N–H and O–H groups in total. The van der Waals surface area contributed by atoms with Gasteiger partial charge in [-0.1, -0.05) is 30.1 Å². The van der Waals surface area contributed by atoms with Crippen molar-refractivity contribution in [2.24, 2.45) is 0 Å². The maximum Gasteiger partial charge on any atom is 0.227 e. The Hall–Kier alpha value is -2.00. The highest BCUT2D eigenvalue weighted by Crippen LogP contribution is 2.37. The summed E-state index contributed by atoms with van der Waals surface area (Å²) in [6.45, 7) is 7.76. The molecule has 3 heterocycles. The smallest absolute Gasteiger partial charge is 0.227 e. The lowest BCUT2D eigenvalue weighted by Gasteiger charge is -2.34. The summed E-state index contributed by atoms with van der Waals surface area (Å²) in [6, 6.07) is 3.66. The van der Waals surface area contributed by atoms with Crippen LogP contribution < -0.4 is 5.32 Å². The Kier molecular flexibility index (Phi) is 6.58. The molecule has 1 aromatic carbocycles. The van der Waals surface area contributed by atoms with Gasteiger partial charge >= 0.3 is 0 Å². The lowest BCUT2D eigenvalue weighted by atomic mass is 9.87. The highest BCUT2D eigenvalue weighted by atomic mass is 35.5. The number of anilines is 2. The van der Waals surface area contributed by atoms with Gasteiger partial charge in [0.25, 0.3) is 0 Å². The molecule has 2 aromatic heterocycles. The molecule has 4 rings (SSSR count). The first-order valence-electron chi connectivity index (χ1n) is 10.7. The van der Waals surface area contributed by atoms with E-state index in [1.54, 1.807) is 32.3 Å². The molecule has 7 nitrogen and oxygen atoms in total. The summed E-state index contributed by atoms with van der Waals surface area (Å²) >= 11 is 12.9. The van der Waals surface area contributed by atoms with E-state index in [9.17, 15) is 9.50 Å². The zero-order valence-corrected chi connectivity index (χ0v) is 19.8. The minimum absolute atomic E-state index is 0.245. The van der Waals surface area contributed by atoms with Crippen molar-refractivity contribution < 1.29 is 9.50 Å². The lowest BCUT2D eigenvalue weighted by molar-refractivity contribution is 0.0578. The van der Waals surface area contributed by atoms with Crippen molar-refractivity contribution in [1.82, 2.24) is 24.6 Å². The van der Waals surface area contributed by atoms with E-state index in [1.807, 2.05) is 13.0 Å². The molecule has 1 aliphatic rings. The predicted molar refractivity (Wildman–Crippen MR) is 126 cm³/mol. The van der Waals surface area contributed by atoms with Crippen LogP contribution in [0.1, 0.15) is 38.7 Å². The Morgan fingerprint density at radius 3 is 2.75 bits per heavy atom. The number of fused-ring (bicyclic) bond motifs is 1. The van der Waals surface area contributed by atoms with Crippen molar-refractivity contribution >= 4 is 45.7 Å². The van der Waals surface area contributed by atoms with E-state index in [1.165, 1.54) is 4.68 Å². The van der Waals surface area contributed by atoms with E-state index >= 15 is 0 Å².